The first-order chi connectivity index (χ1) is 11.9. The zero-order chi connectivity index (χ0) is 17.9. The molecule has 0 radical (unpaired) electrons. The summed E-state index contributed by atoms with van der Waals surface area (Å²) < 4.78 is 23.0. The van der Waals surface area contributed by atoms with E-state index in [9.17, 15) is 8.42 Å². The Balaban J connectivity index is 1.69. The van der Waals surface area contributed by atoms with Gasteiger partial charge >= 0.3 is 0 Å². The Bertz CT molecular complexity index is 966. The van der Waals surface area contributed by atoms with Crippen molar-refractivity contribution in [3.63, 3.8) is 0 Å². The Morgan fingerprint density at radius 3 is 2.32 bits per heavy atom. The van der Waals surface area contributed by atoms with E-state index in [1.807, 2.05) is 36.4 Å². The number of nitrogens with zero attached hydrogens (tertiary/aromatic N) is 1. The number of anilines is 2. The van der Waals surface area contributed by atoms with Crippen molar-refractivity contribution in [1.82, 2.24) is 4.98 Å². The Labute approximate surface area is 147 Å². The van der Waals surface area contributed by atoms with Crippen LogP contribution in [0.5, 0.6) is 0 Å². The third-order valence-electron chi connectivity index (χ3n) is 3.80. The fraction of sp³-hybridized carbons (Fsp3) is 0.105. The molecule has 0 amide bonds. The van der Waals surface area contributed by atoms with Gasteiger partial charge in [-0.3, -0.25) is 0 Å². The number of hydrogen-bond donors (Lipinski definition) is 2. The second-order valence-corrected chi connectivity index (χ2v) is 7.84. The minimum atomic E-state index is -3.18. The molecule has 3 aromatic rings. The summed E-state index contributed by atoms with van der Waals surface area (Å²) in [5.41, 5.74) is 9.43. The van der Waals surface area contributed by atoms with E-state index in [0.717, 1.165) is 28.2 Å². The largest absolute Gasteiger partial charge is 0.399 e. The van der Waals surface area contributed by atoms with Crippen molar-refractivity contribution in [2.45, 2.75) is 11.4 Å². The van der Waals surface area contributed by atoms with E-state index < -0.39 is 9.84 Å². The molecule has 0 saturated carbocycles. The van der Waals surface area contributed by atoms with Crippen molar-refractivity contribution in [3.05, 3.63) is 72.4 Å². The molecule has 0 bridgehead atoms. The van der Waals surface area contributed by atoms with Crippen molar-refractivity contribution in [1.29, 1.82) is 0 Å². The van der Waals surface area contributed by atoms with E-state index in [1.54, 1.807) is 30.5 Å². The second kappa shape index (κ2) is 6.94. The smallest absolute Gasteiger partial charge is 0.175 e. The highest BCUT2D eigenvalue weighted by atomic mass is 32.2. The number of aromatic nitrogens is 1. The summed E-state index contributed by atoms with van der Waals surface area (Å²) >= 11 is 0. The molecule has 1 aromatic heterocycles. The van der Waals surface area contributed by atoms with Gasteiger partial charge in [0.05, 0.1) is 4.90 Å². The first-order valence-electron chi connectivity index (χ1n) is 7.77. The number of nitrogens with one attached hydrogen (secondary N) is 1. The molecular weight excluding hydrogens is 334 g/mol. The van der Waals surface area contributed by atoms with Crippen molar-refractivity contribution in [2.75, 3.05) is 17.3 Å². The van der Waals surface area contributed by atoms with Gasteiger partial charge in [0.1, 0.15) is 5.82 Å². The quantitative estimate of drug-likeness (QED) is 0.687. The molecule has 0 aliphatic rings. The number of hydrogen-bond acceptors (Lipinski definition) is 5. The van der Waals surface area contributed by atoms with Crippen LogP contribution in [0.25, 0.3) is 11.1 Å². The molecule has 25 heavy (non-hydrogen) atoms. The topological polar surface area (TPSA) is 85.1 Å². The zero-order valence-corrected chi connectivity index (χ0v) is 14.6. The number of nitrogen functional groups attached to an aromatic ring is 1. The number of sulfone groups is 1. The lowest BCUT2D eigenvalue weighted by atomic mass is 10.1. The average Bonchev–Trinajstić information content (AvgIpc) is 2.60. The average molecular weight is 353 g/mol. The molecule has 0 fully saturated rings. The maximum absolute atomic E-state index is 11.5. The summed E-state index contributed by atoms with van der Waals surface area (Å²) in [6.45, 7) is 0.639. The van der Waals surface area contributed by atoms with E-state index in [1.165, 1.54) is 6.26 Å². The standard InChI is InChI=1S/C19H19N3O2S/c1-25(23,24)18-8-5-15(6-9-18)16-7-10-19(22-13-16)21-12-14-3-2-4-17(20)11-14/h2-11,13H,12,20H2,1H3,(H,21,22). The van der Waals surface area contributed by atoms with Gasteiger partial charge in [0.25, 0.3) is 0 Å². The van der Waals surface area contributed by atoms with E-state index >= 15 is 0 Å². The van der Waals surface area contributed by atoms with Crippen LogP contribution in [-0.4, -0.2) is 19.7 Å². The maximum atomic E-state index is 11.5. The van der Waals surface area contributed by atoms with E-state index in [2.05, 4.69) is 10.3 Å². The number of pyridine rings is 1. The Hall–Kier alpha value is -2.86. The van der Waals surface area contributed by atoms with E-state index in [4.69, 9.17) is 5.73 Å². The minimum absolute atomic E-state index is 0.310. The first kappa shape index (κ1) is 17.0. The minimum Gasteiger partial charge on any atom is -0.399 e. The van der Waals surface area contributed by atoms with Crippen LogP contribution >= 0.6 is 0 Å². The highest BCUT2D eigenvalue weighted by molar-refractivity contribution is 7.90. The molecule has 5 nitrogen and oxygen atoms in total. The molecule has 3 N–H and O–H groups in total. The van der Waals surface area contributed by atoms with Gasteiger partial charge in [-0.25, -0.2) is 13.4 Å². The molecule has 6 heteroatoms. The van der Waals surface area contributed by atoms with Gasteiger partial charge in [-0.15, -0.1) is 0 Å². The fourth-order valence-electron chi connectivity index (χ4n) is 2.46. The number of rotatable bonds is 5. The highest BCUT2D eigenvalue weighted by Gasteiger charge is 2.07. The van der Waals surface area contributed by atoms with Gasteiger partial charge in [-0.2, -0.15) is 0 Å². The zero-order valence-electron chi connectivity index (χ0n) is 13.8. The highest BCUT2D eigenvalue weighted by Crippen LogP contribution is 2.22. The molecule has 2 aromatic carbocycles. The van der Waals surface area contributed by atoms with Crippen LogP contribution in [0.2, 0.25) is 0 Å². The van der Waals surface area contributed by atoms with Crippen LogP contribution in [0.3, 0.4) is 0 Å². The third kappa shape index (κ3) is 4.36. The molecule has 128 valence electrons. The first-order valence-corrected chi connectivity index (χ1v) is 9.66. The lowest BCUT2D eigenvalue weighted by Gasteiger charge is -2.08. The number of benzene rings is 2. The monoisotopic (exact) mass is 353 g/mol. The molecule has 0 saturated heterocycles. The molecule has 0 unspecified atom stereocenters. The normalized spacial score (nSPS) is 11.2. The maximum Gasteiger partial charge on any atom is 0.175 e. The molecule has 3 rings (SSSR count). The summed E-state index contributed by atoms with van der Waals surface area (Å²) in [4.78, 5) is 4.71. The molecule has 0 aliphatic heterocycles. The Morgan fingerprint density at radius 1 is 1.00 bits per heavy atom. The Kier molecular flexibility index (Phi) is 4.72. The van der Waals surface area contributed by atoms with Crippen LogP contribution in [0.4, 0.5) is 11.5 Å². The fourth-order valence-corrected chi connectivity index (χ4v) is 3.09. The molecule has 1 heterocycles. The van der Waals surface area contributed by atoms with Crippen LogP contribution < -0.4 is 11.1 Å². The van der Waals surface area contributed by atoms with Crippen LogP contribution in [0.15, 0.2) is 71.8 Å². The van der Waals surface area contributed by atoms with Gasteiger partial charge < -0.3 is 11.1 Å². The number of nitrogens with two attached hydrogens (primary N) is 1. The molecule has 0 atom stereocenters. The van der Waals surface area contributed by atoms with Gasteiger partial charge in [0, 0.05) is 30.2 Å². The summed E-state index contributed by atoms with van der Waals surface area (Å²) in [6.07, 6.45) is 2.96. The summed E-state index contributed by atoms with van der Waals surface area (Å²) in [7, 11) is -3.18. The lowest BCUT2D eigenvalue weighted by Crippen LogP contribution is -2.01. The second-order valence-electron chi connectivity index (χ2n) is 5.83. The summed E-state index contributed by atoms with van der Waals surface area (Å²) in [6, 6.07) is 18.3. The Morgan fingerprint density at radius 2 is 1.72 bits per heavy atom. The van der Waals surface area contributed by atoms with Gasteiger partial charge in [-0.05, 0) is 47.5 Å². The van der Waals surface area contributed by atoms with Crippen molar-refractivity contribution < 1.29 is 8.42 Å². The summed E-state index contributed by atoms with van der Waals surface area (Å²) in [5, 5.41) is 3.25. The molecule has 0 aliphatic carbocycles. The molecule has 0 spiro atoms. The SMILES string of the molecule is CS(=O)(=O)c1ccc(-c2ccc(NCc3cccc(N)c3)nc2)cc1. The van der Waals surface area contributed by atoms with Crippen LogP contribution in [0.1, 0.15) is 5.56 Å². The lowest BCUT2D eigenvalue weighted by molar-refractivity contribution is 0.602. The van der Waals surface area contributed by atoms with E-state index in [-0.39, 0.29) is 0 Å². The van der Waals surface area contributed by atoms with Crippen LogP contribution in [0, 0.1) is 0 Å². The van der Waals surface area contributed by atoms with Crippen molar-refractivity contribution in [3.8, 4) is 11.1 Å². The van der Waals surface area contributed by atoms with Crippen LogP contribution in [-0.2, 0) is 16.4 Å². The predicted octanol–water partition coefficient (Wildman–Crippen LogP) is 3.35. The summed E-state index contributed by atoms with van der Waals surface area (Å²) in [5.74, 6) is 0.763. The van der Waals surface area contributed by atoms with Crippen molar-refractivity contribution in [2.24, 2.45) is 0 Å². The van der Waals surface area contributed by atoms with Crippen molar-refractivity contribution >= 4 is 21.3 Å². The van der Waals surface area contributed by atoms with E-state index in [0.29, 0.717) is 11.4 Å². The van der Waals surface area contributed by atoms with Gasteiger partial charge in [-0.1, -0.05) is 24.3 Å². The van der Waals surface area contributed by atoms with Gasteiger partial charge in [0.2, 0.25) is 0 Å². The molecular formula is C19H19N3O2S. The van der Waals surface area contributed by atoms with Gasteiger partial charge in [0.15, 0.2) is 9.84 Å². The third-order valence-corrected chi connectivity index (χ3v) is 4.93. The predicted molar refractivity (Wildman–Crippen MR) is 101 cm³/mol.